The number of aliphatic hydroxyl groups excluding tert-OH is 1. The zero-order valence-electron chi connectivity index (χ0n) is 9.09. The fourth-order valence-corrected chi connectivity index (χ4v) is 1.52. The fraction of sp³-hybridized carbons (Fsp3) is 0.167. The Labute approximate surface area is 101 Å². The monoisotopic (exact) mass is 254 g/mol. The number of aromatic nitrogens is 2. The average Bonchev–Trinajstić information content (AvgIpc) is 2.38. The average molecular weight is 254 g/mol. The summed E-state index contributed by atoms with van der Waals surface area (Å²) < 4.78 is 37.6. The maximum absolute atomic E-state index is 12.5. The van der Waals surface area contributed by atoms with Crippen molar-refractivity contribution in [2.75, 3.05) is 0 Å². The Morgan fingerprint density at radius 2 is 1.94 bits per heavy atom. The molecule has 18 heavy (non-hydrogen) atoms. The molecule has 0 saturated heterocycles. The van der Waals surface area contributed by atoms with Crippen molar-refractivity contribution in [3.05, 3.63) is 59.7 Å². The lowest BCUT2D eigenvalue weighted by Crippen LogP contribution is -2.08. The number of halogens is 3. The van der Waals surface area contributed by atoms with E-state index in [1.165, 1.54) is 30.7 Å². The van der Waals surface area contributed by atoms with Crippen LogP contribution in [0.3, 0.4) is 0 Å². The molecule has 1 aromatic carbocycles. The standard InChI is InChI=1S/C12H9F3N2O/c13-12(14,15)9-3-1-2-8(6-9)11(18)10-4-5-16-7-17-10/h1-7,11,18H/t11-/m0/s1. The van der Waals surface area contributed by atoms with Gasteiger partial charge in [0.05, 0.1) is 11.3 Å². The minimum absolute atomic E-state index is 0.142. The first kappa shape index (κ1) is 12.5. The Morgan fingerprint density at radius 1 is 1.17 bits per heavy atom. The molecule has 0 saturated carbocycles. The molecule has 2 rings (SSSR count). The molecule has 6 heteroatoms. The van der Waals surface area contributed by atoms with E-state index < -0.39 is 17.8 Å². The van der Waals surface area contributed by atoms with Crippen molar-refractivity contribution >= 4 is 0 Å². The molecule has 0 aliphatic carbocycles. The summed E-state index contributed by atoms with van der Waals surface area (Å²) in [5.41, 5.74) is -0.402. The zero-order valence-corrected chi connectivity index (χ0v) is 9.09. The number of rotatable bonds is 2. The summed E-state index contributed by atoms with van der Waals surface area (Å²) in [6.07, 6.45) is -2.98. The highest BCUT2D eigenvalue weighted by molar-refractivity contribution is 5.30. The Kier molecular flexibility index (Phi) is 3.29. The van der Waals surface area contributed by atoms with Gasteiger partial charge in [-0.15, -0.1) is 0 Å². The molecule has 94 valence electrons. The Balaban J connectivity index is 2.35. The van der Waals surface area contributed by atoms with Crippen molar-refractivity contribution in [3.8, 4) is 0 Å². The third-order valence-corrected chi connectivity index (χ3v) is 2.41. The molecular formula is C12H9F3N2O. The van der Waals surface area contributed by atoms with Gasteiger partial charge in [-0.1, -0.05) is 12.1 Å². The van der Waals surface area contributed by atoms with Gasteiger partial charge in [0.15, 0.2) is 0 Å². The third kappa shape index (κ3) is 2.65. The van der Waals surface area contributed by atoms with Crippen LogP contribution in [-0.2, 0) is 6.18 Å². The molecule has 0 bridgehead atoms. The van der Waals surface area contributed by atoms with E-state index in [0.717, 1.165) is 12.1 Å². The van der Waals surface area contributed by atoms with Crippen LogP contribution in [0.1, 0.15) is 22.9 Å². The van der Waals surface area contributed by atoms with Crippen molar-refractivity contribution in [1.82, 2.24) is 9.97 Å². The lowest BCUT2D eigenvalue weighted by atomic mass is 10.0. The van der Waals surface area contributed by atoms with Crippen molar-refractivity contribution in [3.63, 3.8) is 0 Å². The number of alkyl halides is 3. The highest BCUT2D eigenvalue weighted by Gasteiger charge is 2.31. The van der Waals surface area contributed by atoms with Crippen molar-refractivity contribution in [1.29, 1.82) is 0 Å². The quantitative estimate of drug-likeness (QED) is 0.895. The molecule has 0 aliphatic heterocycles. The van der Waals surface area contributed by atoms with Gasteiger partial charge < -0.3 is 5.11 Å². The van der Waals surface area contributed by atoms with Crippen LogP contribution in [-0.4, -0.2) is 15.1 Å². The van der Waals surface area contributed by atoms with E-state index >= 15 is 0 Å². The summed E-state index contributed by atoms with van der Waals surface area (Å²) in [5.74, 6) is 0. The fourth-order valence-electron chi connectivity index (χ4n) is 1.52. The molecule has 0 amide bonds. The van der Waals surface area contributed by atoms with Gasteiger partial charge in [-0.05, 0) is 23.8 Å². The summed E-state index contributed by atoms with van der Waals surface area (Å²) in [6, 6.07) is 5.98. The maximum atomic E-state index is 12.5. The minimum Gasteiger partial charge on any atom is -0.382 e. The summed E-state index contributed by atoms with van der Waals surface area (Å²) in [4.78, 5) is 7.48. The van der Waals surface area contributed by atoms with E-state index in [1.54, 1.807) is 0 Å². The number of hydrogen-bond acceptors (Lipinski definition) is 3. The molecule has 0 aliphatic rings. The Morgan fingerprint density at radius 3 is 2.56 bits per heavy atom. The van der Waals surface area contributed by atoms with Gasteiger partial charge in [-0.3, -0.25) is 0 Å². The SMILES string of the molecule is O[C@@H](c1cccc(C(F)(F)F)c1)c1ccncn1. The molecule has 0 radical (unpaired) electrons. The van der Waals surface area contributed by atoms with Gasteiger partial charge in [0.25, 0.3) is 0 Å². The molecule has 0 spiro atoms. The van der Waals surface area contributed by atoms with Gasteiger partial charge in [0, 0.05) is 6.20 Å². The Hall–Kier alpha value is -1.95. The molecular weight excluding hydrogens is 245 g/mol. The van der Waals surface area contributed by atoms with Gasteiger partial charge in [-0.25, -0.2) is 9.97 Å². The van der Waals surface area contributed by atoms with Crippen LogP contribution in [0.4, 0.5) is 13.2 Å². The van der Waals surface area contributed by atoms with E-state index in [1.807, 2.05) is 0 Å². The number of benzene rings is 1. The molecule has 2 aromatic rings. The third-order valence-electron chi connectivity index (χ3n) is 2.41. The van der Waals surface area contributed by atoms with E-state index in [-0.39, 0.29) is 11.3 Å². The molecule has 1 heterocycles. The van der Waals surface area contributed by atoms with Gasteiger partial charge in [0.2, 0.25) is 0 Å². The summed E-state index contributed by atoms with van der Waals surface area (Å²) in [7, 11) is 0. The Bertz CT molecular complexity index is 528. The summed E-state index contributed by atoms with van der Waals surface area (Å²) >= 11 is 0. The molecule has 0 fully saturated rings. The number of aliphatic hydroxyl groups is 1. The second-order valence-electron chi connectivity index (χ2n) is 3.66. The van der Waals surface area contributed by atoms with Crippen LogP contribution >= 0.6 is 0 Å². The number of nitrogens with zero attached hydrogens (tertiary/aromatic N) is 2. The topological polar surface area (TPSA) is 46.0 Å². The van der Waals surface area contributed by atoms with Gasteiger partial charge in [0.1, 0.15) is 12.4 Å². The van der Waals surface area contributed by atoms with Crippen molar-refractivity contribution in [2.24, 2.45) is 0 Å². The normalized spacial score (nSPS) is 13.3. The van der Waals surface area contributed by atoms with Gasteiger partial charge in [-0.2, -0.15) is 13.2 Å². The highest BCUT2D eigenvalue weighted by atomic mass is 19.4. The maximum Gasteiger partial charge on any atom is 0.416 e. The van der Waals surface area contributed by atoms with Crippen LogP contribution in [0.2, 0.25) is 0 Å². The smallest absolute Gasteiger partial charge is 0.382 e. The predicted octanol–water partition coefficient (Wildman–Crippen LogP) is 2.58. The molecule has 3 nitrogen and oxygen atoms in total. The first-order valence-electron chi connectivity index (χ1n) is 5.09. The lowest BCUT2D eigenvalue weighted by Gasteiger charge is -2.13. The molecule has 1 atom stereocenters. The largest absolute Gasteiger partial charge is 0.416 e. The van der Waals surface area contributed by atoms with Crippen molar-refractivity contribution < 1.29 is 18.3 Å². The first-order chi connectivity index (χ1) is 8.48. The molecule has 1 N–H and O–H groups in total. The second-order valence-corrected chi connectivity index (χ2v) is 3.66. The van der Waals surface area contributed by atoms with Gasteiger partial charge >= 0.3 is 6.18 Å². The predicted molar refractivity (Wildman–Crippen MR) is 57.5 cm³/mol. The molecule has 1 aromatic heterocycles. The number of hydrogen-bond donors (Lipinski definition) is 1. The second kappa shape index (κ2) is 4.73. The van der Waals surface area contributed by atoms with Crippen LogP contribution in [0.15, 0.2) is 42.9 Å². The van der Waals surface area contributed by atoms with Crippen molar-refractivity contribution in [2.45, 2.75) is 12.3 Å². The van der Waals surface area contributed by atoms with E-state index in [9.17, 15) is 18.3 Å². The lowest BCUT2D eigenvalue weighted by molar-refractivity contribution is -0.137. The highest BCUT2D eigenvalue weighted by Crippen LogP contribution is 2.31. The van der Waals surface area contributed by atoms with Crippen LogP contribution in [0.5, 0.6) is 0 Å². The van der Waals surface area contributed by atoms with Crippen LogP contribution in [0, 0.1) is 0 Å². The summed E-state index contributed by atoms with van der Waals surface area (Å²) in [6.45, 7) is 0. The van der Waals surface area contributed by atoms with E-state index in [0.29, 0.717) is 0 Å². The first-order valence-corrected chi connectivity index (χ1v) is 5.09. The zero-order chi connectivity index (χ0) is 13.2. The minimum atomic E-state index is -4.43. The van der Waals surface area contributed by atoms with Crippen LogP contribution in [0.25, 0.3) is 0 Å². The van der Waals surface area contributed by atoms with Crippen LogP contribution < -0.4 is 0 Å². The van der Waals surface area contributed by atoms with E-state index in [2.05, 4.69) is 9.97 Å². The van der Waals surface area contributed by atoms with E-state index in [4.69, 9.17) is 0 Å². The molecule has 0 unspecified atom stereocenters. The summed E-state index contributed by atoms with van der Waals surface area (Å²) in [5, 5.41) is 9.92.